The quantitative estimate of drug-likeness (QED) is 0.689. The van der Waals surface area contributed by atoms with Crippen LogP contribution in [0.4, 0.5) is 5.82 Å². The minimum absolute atomic E-state index is 0.518. The Balaban J connectivity index is 1.90. The van der Waals surface area contributed by atoms with Crippen molar-refractivity contribution in [3.05, 3.63) is 53.9 Å². The van der Waals surface area contributed by atoms with Crippen molar-refractivity contribution in [2.45, 2.75) is 13.0 Å². The maximum Gasteiger partial charge on any atom is 0.137 e. The van der Waals surface area contributed by atoms with Crippen molar-refractivity contribution in [2.24, 2.45) is 5.73 Å². The van der Waals surface area contributed by atoms with E-state index in [1.165, 1.54) is 0 Å². The van der Waals surface area contributed by atoms with Gasteiger partial charge in [0.05, 0.1) is 19.7 Å². The molecule has 0 unspecified atom stereocenters. The molecule has 0 fully saturated rings. The lowest BCUT2D eigenvalue weighted by molar-refractivity contribution is 0.391. The summed E-state index contributed by atoms with van der Waals surface area (Å²) < 4.78 is 10.7. The van der Waals surface area contributed by atoms with Crippen LogP contribution in [0.15, 0.2) is 42.5 Å². The van der Waals surface area contributed by atoms with Gasteiger partial charge in [0.2, 0.25) is 0 Å². The molecule has 3 rings (SSSR count). The number of methoxy groups -OCH3 is 2. The second kappa shape index (κ2) is 7.81. The number of benzene rings is 2. The van der Waals surface area contributed by atoms with Gasteiger partial charge in [-0.05, 0) is 30.8 Å². The molecule has 0 aliphatic rings. The van der Waals surface area contributed by atoms with Crippen LogP contribution < -0.4 is 20.5 Å². The number of hydrogen-bond donors (Lipinski definition) is 2. The molecule has 0 atom stereocenters. The zero-order valence-electron chi connectivity index (χ0n) is 14.5. The molecule has 0 saturated carbocycles. The molecule has 2 aromatic carbocycles. The zero-order valence-corrected chi connectivity index (χ0v) is 14.5. The van der Waals surface area contributed by atoms with Crippen molar-refractivity contribution in [1.82, 2.24) is 9.97 Å². The average Bonchev–Trinajstić information content (AvgIpc) is 2.66. The van der Waals surface area contributed by atoms with E-state index in [0.717, 1.165) is 39.6 Å². The fraction of sp³-hybridized carbons (Fsp3) is 0.263. The monoisotopic (exact) mass is 338 g/mol. The van der Waals surface area contributed by atoms with Gasteiger partial charge in [-0.15, -0.1) is 0 Å². The Morgan fingerprint density at radius 1 is 1.04 bits per heavy atom. The lowest BCUT2D eigenvalue weighted by Gasteiger charge is -2.13. The van der Waals surface area contributed by atoms with Crippen molar-refractivity contribution < 1.29 is 9.47 Å². The summed E-state index contributed by atoms with van der Waals surface area (Å²) >= 11 is 0. The van der Waals surface area contributed by atoms with E-state index in [2.05, 4.69) is 15.3 Å². The minimum atomic E-state index is 0.518. The fourth-order valence-corrected chi connectivity index (χ4v) is 2.68. The highest BCUT2D eigenvalue weighted by Crippen LogP contribution is 2.26. The molecule has 0 bridgehead atoms. The standard InChI is InChI=1S/C19H22N4O2/c1-24-14-8-7-13(17(11-14)25-2)12-21-19-15-5-3-4-6-16(15)22-18(23-19)9-10-20/h3-8,11H,9-10,12,20H2,1-2H3,(H,21,22,23). The summed E-state index contributed by atoms with van der Waals surface area (Å²) in [5.41, 5.74) is 7.58. The molecule has 25 heavy (non-hydrogen) atoms. The highest BCUT2D eigenvalue weighted by molar-refractivity contribution is 5.89. The van der Waals surface area contributed by atoms with Crippen LogP contribution in [0.2, 0.25) is 0 Å². The van der Waals surface area contributed by atoms with Gasteiger partial charge >= 0.3 is 0 Å². The third-order valence-corrected chi connectivity index (χ3v) is 3.96. The van der Waals surface area contributed by atoms with E-state index >= 15 is 0 Å². The summed E-state index contributed by atoms with van der Waals surface area (Å²) in [7, 11) is 3.29. The number of fused-ring (bicyclic) bond motifs is 1. The molecule has 0 saturated heterocycles. The lowest BCUT2D eigenvalue weighted by atomic mass is 10.1. The molecule has 6 nitrogen and oxygen atoms in total. The van der Waals surface area contributed by atoms with Gasteiger partial charge in [0.15, 0.2) is 0 Å². The molecule has 1 heterocycles. The Kier molecular flexibility index (Phi) is 5.30. The van der Waals surface area contributed by atoms with Gasteiger partial charge < -0.3 is 20.5 Å². The summed E-state index contributed by atoms with van der Waals surface area (Å²) in [5.74, 6) is 3.07. The number of nitrogens with one attached hydrogen (secondary N) is 1. The van der Waals surface area contributed by atoms with Crippen LogP contribution in [-0.2, 0) is 13.0 Å². The fourth-order valence-electron chi connectivity index (χ4n) is 2.68. The Morgan fingerprint density at radius 2 is 1.88 bits per heavy atom. The third kappa shape index (κ3) is 3.80. The van der Waals surface area contributed by atoms with E-state index in [9.17, 15) is 0 Å². The largest absolute Gasteiger partial charge is 0.497 e. The molecular weight excluding hydrogens is 316 g/mol. The smallest absolute Gasteiger partial charge is 0.137 e. The maximum absolute atomic E-state index is 5.66. The zero-order chi connectivity index (χ0) is 17.6. The van der Waals surface area contributed by atoms with Crippen molar-refractivity contribution in [3.63, 3.8) is 0 Å². The summed E-state index contributed by atoms with van der Waals surface area (Å²) in [6.07, 6.45) is 0.644. The van der Waals surface area contributed by atoms with Crippen molar-refractivity contribution in [1.29, 1.82) is 0 Å². The third-order valence-electron chi connectivity index (χ3n) is 3.96. The van der Waals surface area contributed by atoms with E-state index in [0.29, 0.717) is 19.5 Å². The number of aromatic nitrogens is 2. The Bertz CT molecular complexity index is 867. The number of para-hydroxylation sites is 1. The van der Waals surface area contributed by atoms with Gasteiger partial charge in [-0.2, -0.15) is 0 Å². The first-order valence-electron chi connectivity index (χ1n) is 8.15. The van der Waals surface area contributed by atoms with Gasteiger partial charge in [-0.25, -0.2) is 9.97 Å². The van der Waals surface area contributed by atoms with E-state index in [1.807, 2.05) is 42.5 Å². The molecule has 3 N–H and O–H groups in total. The van der Waals surface area contributed by atoms with Crippen LogP contribution >= 0.6 is 0 Å². The molecule has 0 aliphatic heterocycles. The van der Waals surface area contributed by atoms with Gasteiger partial charge in [0.1, 0.15) is 23.1 Å². The number of anilines is 1. The number of rotatable bonds is 7. The first kappa shape index (κ1) is 17.0. The van der Waals surface area contributed by atoms with Crippen LogP contribution in [0.25, 0.3) is 10.9 Å². The molecular formula is C19H22N4O2. The maximum atomic E-state index is 5.66. The number of nitrogens with two attached hydrogens (primary N) is 1. The molecule has 0 amide bonds. The molecule has 0 spiro atoms. The molecule has 6 heteroatoms. The van der Waals surface area contributed by atoms with Crippen LogP contribution in [0.3, 0.4) is 0 Å². The second-order valence-electron chi connectivity index (χ2n) is 5.58. The summed E-state index contributed by atoms with van der Waals surface area (Å²) in [5, 5.41) is 4.38. The predicted molar refractivity (Wildman–Crippen MR) is 99.2 cm³/mol. The molecule has 130 valence electrons. The lowest BCUT2D eigenvalue weighted by Crippen LogP contribution is -2.10. The van der Waals surface area contributed by atoms with Crippen LogP contribution in [0.5, 0.6) is 11.5 Å². The van der Waals surface area contributed by atoms with E-state index in [1.54, 1.807) is 14.2 Å². The number of ether oxygens (including phenoxy) is 2. The Hall–Kier alpha value is -2.86. The van der Waals surface area contributed by atoms with Crippen LogP contribution in [0.1, 0.15) is 11.4 Å². The van der Waals surface area contributed by atoms with Crippen molar-refractivity contribution in [2.75, 3.05) is 26.1 Å². The Morgan fingerprint density at radius 3 is 2.64 bits per heavy atom. The molecule has 0 radical (unpaired) electrons. The minimum Gasteiger partial charge on any atom is -0.497 e. The normalized spacial score (nSPS) is 10.7. The van der Waals surface area contributed by atoms with Gasteiger partial charge in [-0.1, -0.05) is 12.1 Å². The van der Waals surface area contributed by atoms with Gasteiger partial charge in [0, 0.05) is 30.0 Å². The summed E-state index contributed by atoms with van der Waals surface area (Å²) in [6.45, 7) is 1.10. The van der Waals surface area contributed by atoms with E-state index < -0.39 is 0 Å². The second-order valence-corrected chi connectivity index (χ2v) is 5.58. The van der Waals surface area contributed by atoms with Crippen molar-refractivity contribution >= 4 is 16.7 Å². The van der Waals surface area contributed by atoms with Gasteiger partial charge in [-0.3, -0.25) is 0 Å². The van der Waals surface area contributed by atoms with Crippen LogP contribution in [0, 0.1) is 0 Å². The number of nitrogens with zero attached hydrogens (tertiary/aromatic N) is 2. The van der Waals surface area contributed by atoms with E-state index in [-0.39, 0.29) is 0 Å². The van der Waals surface area contributed by atoms with E-state index in [4.69, 9.17) is 15.2 Å². The average molecular weight is 338 g/mol. The summed E-state index contributed by atoms with van der Waals surface area (Å²) in [4.78, 5) is 9.19. The highest BCUT2D eigenvalue weighted by Gasteiger charge is 2.09. The molecule has 3 aromatic rings. The predicted octanol–water partition coefficient (Wildman–Crippen LogP) is 2.76. The number of hydrogen-bond acceptors (Lipinski definition) is 6. The molecule has 0 aliphatic carbocycles. The summed E-state index contributed by atoms with van der Waals surface area (Å²) in [6, 6.07) is 13.7. The SMILES string of the molecule is COc1ccc(CNc2nc(CCN)nc3ccccc23)c(OC)c1. The van der Waals surface area contributed by atoms with Crippen molar-refractivity contribution in [3.8, 4) is 11.5 Å². The first-order valence-corrected chi connectivity index (χ1v) is 8.15. The van der Waals surface area contributed by atoms with Crippen LogP contribution in [-0.4, -0.2) is 30.7 Å². The van der Waals surface area contributed by atoms with Gasteiger partial charge in [0.25, 0.3) is 0 Å². The highest BCUT2D eigenvalue weighted by atomic mass is 16.5. The first-order chi connectivity index (χ1) is 12.2. The topological polar surface area (TPSA) is 82.3 Å². The Labute approximate surface area is 147 Å². The molecule has 1 aromatic heterocycles.